The molecule has 0 saturated carbocycles. The Hall–Kier alpha value is -0.0500. The van der Waals surface area contributed by atoms with Gasteiger partial charge in [0, 0.05) is 0 Å². The third-order valence-corrected chi connectivity index (χ3v) is 5.87. The van der Waals surface area contributed by atoms with Gasteiger partial charge in [-0.3, -0.25) is 0 Å². The van der Waals surface area contributed by atoms with Crippen molar-refractivity contribution in [2.75, 3.05) is 5.75 Å². The topological polar surface area (TPSA) is 34.1 Å². The minimum Gasteiger partial charge on any atom is -0.229 e. The molecule has 1 aliphatic rings. The van der Waals surface area contributed by atoms with Crippen molar-refractivity contribution in [3.63, 3.8) is 0 Å². The first-order valence-electron chi connectivity index (χ1n) is 6.74. The minimum absolute atomic E-state index is 0.00222. The summed E-state index contributed by atoms with van der Waals surface area (Å²) >= 11 is 0. The lowest BCUT2D eigenvalue weighted by Gasteiger charge is -2.09. The summed E-state index contributed by atoms with van der Waals surface area (Å²) in [6, 6.07) is 0. The van der Waals surface area contributed by atoms with Crippen molar-refractivity contribution in [2.24, 2.45) is 5.92 Å². The van der Waals surface area contributed by atoms with E-state index in [0.717, 1.165) is 31.6 Å². The Balaban J connectivity index is 2.03. The van der Waals surface area contributed by atoms with Crippen LogP contribution >= 0.6 is 0 Å². The van der Waals surface area contributed by atoms with Crippen molar-refractivity contribution in [2.45, 2.75) is 70.5 Å². The monoisotopic (exact) mass is 246 g/mol. The number of rotatable bonds is 7. The molecule has 1 aliphatic heterocycles. The smallest absolute Gasteiger partial charge is 0.153 e. The van der Waals surface area contributed by atoms with Crippen molar-refractivity contribution < 1.29 is 8.42 Å². The van der Waals surface area contributed by atoms with Crippen LogP contribution in [0.4, 0.5) is 0 Å². The van der Waals surface area contributed by atoms with Gasteiger partial charge < -0.3 is 0 Å². The van der Waals surface area contributed by atoms with Crippen LogP contribution < -0.4 is 0 Å². The average Bonchev–Trinajstić information content (AvgIpc) is 2.51. The van der Waals surface area contributed by atoms with E-state index in [2.05, 4.69) is 13.8 Å². The predicted octanol–water partition coefficient (Wildman–Crippen LogP) is 3.56. The number of hydrogen-bond donors (Lipinski definition) is 0. The number of sulfone groups is 1. The molecule has 0 amide bonds. The van der Waals surface area contributed by atoms with Crippen molar-refractivity contribution in [1.82, 2.24) is 0 Å². The average molecular weight is 246 g/mol. The first-order valence-corrected chi connectivity index (χ1v) is 8.45. The van der Waals surface area contributed by atoms with Crippen LogP contribution in [0.2, 0.25) is 0 Å². The summed E-state index contributed by atoms with van der Waals surface area (Å²) in [5.74, 6) is 1.24. The number of unbranched alkanes of at least 4 members (excludes halogenated alkanes) is 3. The molecule has 0 radical (unpaired) electrons. The first-order chi connectivity index (χ1) is 7.52. The standard InChI is InChI=1S/C13H26O2S/c1-12(2)8-5-3-4-6-9-13-10-7-11-16(13,14)15/h12-13H,3-11H2,1-2H3. The van der Waals surface area contributed by atoms with Gasteiger partial charge >= 0.3 is 0 Å². The van der Waals surface area contributed by atoms with Crippen LogP contribution in [-0.4, -0.2) is 19.4 Å². The molecule has 1 atom stereocenters. The first kappa shape index (κ1) is 14.0. The van der Waals surface area contributed by atoms with Gasteiger partial charge in [0.05, 0.1) is 11.0 Å². The van der Waals surface area contributed by atoms with Crippen LogP contribution in [0.15, 0.2) is 0 Å². The molecule has 1 saturated heterocycles. The van der Waals surface area contributed by atoms with Gasteiger partial charge in [-0.2, -0.15) is 0 Å². The zero-order chi connectivity index (χ0) is 12.0. The Kier molecular flexibility index (Phi) is 5.81. The molecular weight excluding hydrogens is 220 g/mol. The second-order valence-corrected chi connectivity index (χ2v) is 7.92. The van der Waals surface area contributed by atoms with Crippen LogP contribution in [0.5, 0.6) is 0 Å². The molecule has 1 unspecified atom stereocenters. The highest BCUT2D eigenvalue weighted by Crippen LogP contribution is 2.25. The summed E-state index contributed by atoms with van der Waals surface area (Å²) in [5.41, 5.74) is 0. The Morgan fingerprint density at radius 2 is 1.81 bits per heavy atom. The maximum Gasteiger partial charge on any atom is 0.153 e. The molecule has 0 bridgehead atoms. The second kappa shape index (κ2) is 6.63. The quantitative estimate of drug-likeness (QED) is 0.644. The van der Waals surface area contributed by atoms with Gasteiger partial charge in [-0.1, -0.05) is 46.0 Å². The predicted molar refractivity (Wildman–Crippen MR) is 69.3 cm³/mol. The van der Waals surface area contributed by atoms with Gasteiger partial charge in [-0.25, -0.2) is 8.42 Å². The van der Waals surface area contributed by atoms with Gasteiger partial charge in [0.25, 0.3) is 0 Å². The molecule has 0 N–H and O–H groups in total. The highest BCUT2D eigenvalue weighted by atomic mass is 32.2. The van der Waals surface area contributed by atoms with E-state index in [0.29, 0.717) is 5.75 Å². The van der Waals surface area contributed by atoms with Gasteiger partial charge in [0.15, 0.2) is 9.84 Å². The van der Waals surface area contributed by atoms with Crippen LogP contribution in [0.25, 0.3) is 0 Å². The van der Waals surface area contributed by atoms with Gasteiger partial charge in [-0.15, -0.1) is 0 Å². The van der Waals surface area contributed by atoms with Crippen molar-refractivity contribution in [1.29, 1.82) is 0 Å². The molecule has 0 aromatic carbocycles. The third kappa shape index (κ3) is 4.86. The number of hydrogen-bond acceptors (Lipinski definition) is 2. The fourth-order valence-corrected chi connectivity index (χ4v) is 4.41. The fourth-order valence-electron chi connectivity index (χ4n) is 2.46. The minimum atomic E-state index is -2.69. The van der Waals surface area contributed by atoms with E-state index in [1.165, 1.54) is 25.7 Å². The van der Waals surface area contributed by atoms with Gasteiger partial charge in [-0.05, 0) is 25.2 Å². The zero-order valence-electron chi connectivity index (χ0n) is 10.7. The van der Waals surface area contributed by atoms with E-state index >= 15 is 0 Å². The second-order valence-electron chi connectivity index (χ2n) is 5.52. The van der Waals surface area contributed by atoms with E-state index in [4.69, 9.17) is 0 Å². The fraction of sp³-hybridized carbons (Fsp3) is 1.00. The van der Waals surface area contributed by atoms with Crippen LogP contribution in [0.3, 0.4) is 0 Å². The van der Waals surface area contributed by atoms with Crippen molar-refractivity contribution in [3.05, 3.63) is 0 Å². The zero-order valence-corrected chi connectivity index (χ0v) is 11.6. The van der Waals surface area contributed by atoms with Crippen molar-refractivity contribution >= 4 is 9.84 Å². The van der Waals surface area contributed by atoms with Crippen LogP contribution in [0.1, 0.15) is 65.2 Å². The molecule has 3 heteroatoms. The summed E-state index contributed by atoms with van der Waals surface area (Å²) in [4.78, 5) is 0. The molecule has 0 aliphatic carbocycles. The van der Waals surface area contributed by atoms with Gasteiger partial charge in [0.1, 0.15) is 0 Å². The molecule has 1 heterocycles. The summed E-state index contributed by atoms with van der Waals surface area (Å²) in [6.45, 7) is 4.51. The molecular formula is C13H26O2S. The Morgan fingerprint density at radius 3 is 2.38 bits per heavy atom. The third-order valence-electron chi connectivity index (χ3n) is 3.52. The molecule has 0 aromatic rings. The van der Waals surface area contributed by atoms with E-state index in [-0.39, 0.29) is 5.25 Å². The van der Waals surface area contributed by atoms with E-state index in [1.807, 2.05) is 0 Å². The molecule has 1 rings (SSSR count). The summed E-state index contributed by atoms with van der Waals surface area (Å²) in [6.07, 6.45) is 8.89. The van der Waals surface area contributed by atoms with Gasteiger partial charge in [0.2, 0.25) is 0 Å². The summed E-state index contributed by atoms with van der Waals surface area (Å²) in [7, 11) is -2.69. The van der Waals surface area contributed by atoms with Crippen LogP contribution in [-0.2, 0) is 9.84 Å². The highest BCUT2D eigenvalue weighted by molar-refractivity contribution is 7.92. The normalized spacial score (nSPS) is 24.1. The SMILES string of the molecule is CC(C)CCCCCCC1CCCS1(=O)=O. The Morgan fingerprint density at radius 1 is 1.12 bits per heavy atom. The molecule has 1 fully saturated rings. The maximum absolute atomic E-state index is 11.6. The van der Waals surface area contributed by atoms with E-state index in [1.54, 1.807) is 0 Å². The lowest BCUT2D eigenvalue weighted by molar-refractivity contribution is 0.508. The molecule has 0 aromatic heterocycles. The molecule has 2 nitrogen and oxygen atoms in total. The van der Waals surface area contributed by atoms with E-state index in [9.17, 15) is 8.42 Å². The maximum atomic E-state index is 11.6. The summed E-state index contributed by atoms with van der Waals surface area (Å²) in [5, 5.41) is -0.00222. The lowest BCUT2D eigenvalue weighted by atomic mass is 10.0. The largest absolute Gasteiger partial charge is 0.229 e. The highest BCUT2D eigenvalue weighted by Gasteiger charge is 2.30. The Bertz CT molecular complexity index is 280. The van der Waals surface area contributed by atoms with Crippen molar-refractivity contribution in [3.8, 4) is 0 Å². The molecule has 0 spiro atoms. The summed E-state index contributed by atoms with van der Waals surface area (Å²) < 4.78 is 23.1. The molecule has 16 heavy (non-hydrogen) atoms. The molecule has 96 valence electrons. The van der Waals surface area contributed by atoms with E-state index < -0.39 is 9.84 Å². The lowest BCUT2D eigenvalue weighted by Crippen LogP contribution is -2.15. The Labute approximate surface area is 101 Å². The van der Waals surface area contributed by atoms with Crippen LogP contribution in [0, 0.1) is 5.92 Å².